The highest BCUT2D eigenvalue weighted by atomic mass is 32.2. The fourth-order valence-electron chi connectivity index (χ4n) is 3.04. The molecule has 2 nitrogen and oxygen atoms in total. The van der Waals surface area contributed by atoms with Crippen LogP contribution in [0.1, 0.15) is 35.5 Å². The summed E-state index contributed by atoms with van der Waals surface area (Å²) < 4.78 is 0. The predicted octanol–water partition coefficient (Wildman–Crippen LogP) is 5.79. The molecule has 0 aliphatic rings. The van der Waals surface area contributed by atoms with Crippen LogP contribution in [0.4, 0.5) is 0 Å². The first-order chi connectivity index (χ1) is 12.9. The van der Waals surface area contributed by atoms with Gasteiger partial charge in [0.25, 0.3) is 0 Å². The first-order valence-corrected chi connectivity index (χ1v) is 11.7. The molecule has 0 bridgehead atoms. The van der Waals surface area contributed by atoms with Gasteiger partial charge in [0.05, 0.1) is 0 Å². The molecule has 0 saturated heterocycles. The lowest BCUT2D eigenvalue weighted by atomic mass is 10.1. The molecule has 0 fully saturated rings. The number of thioether (sulfide) groups is 2. The zero-order chi connectivity index (χ0) is 19.8. The van der Waals surface area contributed by atoms with Crippen molar-refractivity contribution in [3.8, 4) is 0 Å². The molecule has 0 unspecified atom stereocenters. The highest BCUT2D eigenvalue weighted by molar-refractivity contribution is 8.16. The van der Waals surface area contributed by atoms with Crippen LogP contribution < -0.4 is 0 Å². The maximum absolute atomic E-state index is 2.33. The predicted molar refractivity (Wildman–Crippen MR) is 125 cm³/mol. The van der Waals surface area contributed by atoms with Gasteiger partial charge >= 0.3 is 0 Å². The zero-order valence-corrected chi connectivity index (χ0v) is 19.1. The van der Waals surface area contributed by atoms with Crippen LogP contribution >= 0.6 is 23.5 Å². The van der Waals surface area contributed by atoms with Crippen LogP contribution in [0.3, 0.4) is 0 Å². The monoisotopic (exact) mass is 402 g/mol. The third-order valence-electron chi connectivity index (χ3n) is 5.26. The standard InChI is InChI=1S/C23H34N2S2/c1-18(24(3)4)22(20-13-9-7-10-14-20)26-17-27-23(19(2)25(5)6)21-15-11-8-12-16-21/h7-16,18-19,22-23H,17H2,1-6H3/t18-,19-,22-,23-/m0/s1. The molecule has 2 rings (SSSR count). The molecule has 0 aliphatic carbocycles. The normalized spacial score (nSPS) is 16.3. The number of likely N-dealkylation sites (N-methyl/N-ethyl adjacent to an activating group) is 2. The van der Waals surface area contributed by atoms with E-state index in [2.05, 4.69) is 136 Å². The van der Waals surface area contributed by atoms with Crippen LogP contribution in [0, 0.1) is 0 Å². The van der Waals surface area contributed by atoms with Crippen LogP contribution in [0.25, 0.3) is 0 Å². The number of benzene rings is 2. The molecule has 0 aromatic heterocycles. The summed E-state index contributed by atoms with van der Waals surface area (Å²) in [6.07, 6.45) is 0. The summed E-state index contributed by atoms with van der Waals surface area (Å²) in [6.45, 7) is 4.65. The maximum atomic E-state index is 2.33. The van der Waals surface area contributed by atoms with Gasteiger partial charge < -0.3 is 9.80 Å². The van der Waals surface area contributed by atoms with Crippen molar-refractivity contribution in [3.05, 3.63) is 71.8 Å². The second kappa shape index (κ2) is 11.2. The summed E-state index contributed by atoms with van der Waals surface area (Å²) >= 11 is 4.13. The molecule has 0 saturated carbocycles. The van der Waals surface area contributed by atoms with E-state index in [-0.39, 0.29) is 0 Å². The van der Waals surface area contributed by atoms with Gasteiger partial charge in [0, 0.05) is 27.7 Å². The van der Waals surface area contributed by atoms with Crippen molar-refractivity contribution < 1.29 is 0 Å². The molecule has 0 radical (unpaired) electrons. The van der Waals surface area contributed by atoms with E-state index in [1.807, 2.05) is 0 Å². The van der Waals surface area contributed by atoms with Crippen molar-refractivity contribution in [2.24, 2.45) is 0 Å². The van der Waals surface area contributed by atoms with E-state index in [9.17, 15) is 0 Å². The second-order valence-electron chi connectivity index (χ2n) is 7.52. The molecule has 0 heterocycles. The van der Waals surface area contributed by atoms with Crippen molar-refractivity contribution >= 4 is 23.5 Å². The van der Waals surface area contributed by atoms with Crippen molar-refractivity contribution in [1.82, 2.24) is 9.80 Å². The summed E-state index contributed by atoms with van der Waals surface area (Å²) in [5.41, 5.74) is 2.84. The summed E-state index contributed by atoms with van der Waals surface area (Å²) in [7, 11) is 8.70. The Kier molecular flexibility index (Phi) is 9.24. The molecule has 4 atom stereocenters. The third-order valence-corrected chi connectivity index (χ3v) is 8.40. The number of hydrogen-bond donors (Lipinski definition) is 0. The lowest BCUT2D eigenvalue weighted by Crippen LogP contribution is -2.30. The number of rotatable bonds is 10. The number of nitrogens with zero attached hydrogens (tertiary/aromatic N) is 2. The topological polar surface area (TPSA) is 6.48 Å². The molecule has 27 heavy (non-hydrogen) atoms. The van der Waals surface area contributed by atoms with Crippen LogP contribution in [-0.4, -0.2) is 55.2 Å². The molecule has 2 aromatic carbocycles. The highest BCUT2D eigenvalue weighted by Gasteiger charge is 2.25. The Hall–Kier alpha value is -0.940. The minimum absolute atomic E-state index is 0.472. The Morgan fingerprint density at radius 3 is 1.26 bits per heavy atom. The lowest BCUT2D eigenvalue weighted by Gasteiger charge is -2.32. The Bertz CT molecular complexity index is 588. The Balaban J connectivity index is 2.10. The van der Waals surface area contributed by atoms with Gasteiger partial charge in [-0.3, -0.25) is 0 Å². The van der Waals surface area contributed by atoms with Crippen molar-refractivity contribution in [3.63, 3.8) is 0 Å². The van der Waals surface area contributed by atoms with Gasteiger partial charge in [-0.2, -0.15) is 0 Å². The quantitative estimate of drug-likeness (QED) is 0.464. The minimum Gasteiger partial charge on any atom is -0.305 e. The van der Waals surface area contributed by atoms with Gasteiger partial charge in [-0.05, 0) is 53.2 Å². The minimum atomic E-state index is 0.472. The first kappa shape index (κ1) is 22.4. The average molecular weight is 403 g/mol. The van der Waals surface area contributed by atoms with Crippen molar-refractivity contribution in [1.29, 1.82) is 0 Å². The van der Waals surface area contributed by atoms with E-state index in [0.717, 1.165) is 5.08 Å². The van der Waals surface area contributed by atoms with Gasteiger partial charge in [0.2, 0.25) is 0 Å². The Morgan fingerprint density at radius 2 is 0.963 bits per heavy atom. The van der Waals surface area contributed by atoms with Crippen molar-refractivity contribution in [2.45, 2.75) is 36.4 Å². The van der Waals surface area contributed by atoms with Crippen LogP contribution in [0.5, 0.6) is 0 Å². The molecule has 4 heteroatoms. The van der Waals surface area contributed by atoms with Gasteiger partial charge in [0.15, 0.2) is 0 Å². The van der Waals surface area contributed by atoms with Gasteiger partial charge in [-0.1, -0.05) is 60.7 Å². The Labute approximate surface area is 174 Å². The second-order valence-corrected chi connectivity index (χ2v) is 10.1. The van der Waals surface area contributed by atoms with E-state index >= 15 is 0 Å². The Morgan fingerprint density at radius 1 is 0.630 bits per heavy atom. The first-order valence-electron chi connectivity index (χ1n) is 9.57. The van der Waals surface area contributed by atoms with Crippen LogP contribution in [0.15, 0.2) is 60.7 Å². The molecule has 2 aromatic rings. The molecular formula is C23H34N2S2. The molecular weight excluding hydrogens is 368 g/mol. The van der Waals surface area contributed by atoms with E-state index < -0.39 is 0 Å². The smallest absolute Gasteiger partial charge is 0.0458 e. The van der Waals surface area contributed by atoms with Crippen LogP contribution in [0.2, 0.25) is 0 Å². The van der Waals surface area contributed by atoms with Gasteiger partial charge in [-0.15, -0.1) is 23.5 Å². The van der Waals surface area contributed by atoms with E-state index in [1.54, 1.807) is 0 Å². The number of hydrogen-bond acceptors (Lipinski definition) is 4. The highest BCUT2D eigenvalue weighted by Crippen LogP contribution is 2.41. The fraction of sp³-hybridized carbons (Fsp3) is 0.478. The van der Waals surface area contributed by atoms with Gasteiger partial charge in [0.1, 0.15) is 0 Å². The summed E-state index contributed by atoms with van der Waals surface area (Å²) in [4.78, 5) is 4.65. The largest absolute Gasteiger partial charge is 0.305 e. The average Bonchev–Trinajstić information content (AvgIpc) is 2.68. The fourth-order valence-corrected chi connectivity index (χ4v) is 6.27. The molecule has 148 valence electrons. The molecule has 0 spiro atoms. The SMILES string of the molecule is C[C@@H]([C@H](SCS[C@H](c1ccccc1)[C@H](C)N(C)C)c1ccccc1)N(C)C. The zero-order valence-electron chi connectivity index (χ0n) is 17.5. The summed E-state index contributed by atoms with van der Waals surface area (Å²) in [5.74, 6) is 0. The molecule has 0 N–H and O–H groups in total. The molecule has 0 amide bonds. The van der Waals surface area contributed by atoms with Crippen LogP contribution in [-0.2, 0) is 0 Å². The molecule has 0 aliphatic heterocycles. The van der Waals surface area contributed by atoms with Crippen molar-refractivity contribution in [2.75, 3.05) is 33.3 Å². The summed E-state index contributed by atoms with van der Waals surface area (Å²) in [6, 6.07) is 22.8. The maximum Gasteiger partial charge on any atom is 0.0458 e. The van der Waals surface area contributed by atoms with E-state index in [1.165, 1.54) is 11.1 Å². The van der Waals surface area contributed by atoms with E-state index in [0.29, 0.717) is 22.6 Å². The summed E-state index contributed by atoms with van der Waals surface area (Å²) in [5, 5.41) is 2.02. The lowest BCUT2D eigenvalue weighted by molar-refractivity contribution is 0.308. The van der Waals surface area contributed by atoms with E-state index in [4.69, 9.17) is 0 Å². The van der Waals surface area contributed by atoms with Gasteiger partial charge in [-0.25, -0.2) is 0 Å². The third kappa shape index (κ3) is 6.56.